The second-order valence-electron chi connectivity index (χ2n) is 3.79. The lowest BCUT2D eigenvalue weighted by Gasteiger charge is -2.20. The van der Waals surface area contributed by atoms with Gasteiger partial charge in [0.2, 0.25) is 0 Å². The molecule has 0 spiro atoms. The first-order valence-corrected chi connectivity index (χ1v) is 4.01. The lowest BCUT2D eigenvalue weighted by molar-refractivity contribution is 0.112. The van der Waals surface area contributed by atoms with Gasteiger partial charge in [-0.2, -0.15) is 5.10 Å². The summed E-state index contributed by atoms with van der Waals surface area (Å²) in [6.07, 6.45) is 2.00. The molecule has 4 nitrogen and oxygen atoms in total. The standard InChI is InChI=1S/C9H12N2O2/c1-9(2,3)11-8(13)7(6-12)4-5-10-11/h4-6H,1-3H3. The molecular weight excluding hydrogens is 168 g/mol. The molecule has 0 aliphatic heterocycles. The zero-order valence-corrected chi connectivity index (χ0v) is 7.94. The molecular formula is C9H12N2O2. The van der Waals surface area contributed by atoms with Crippen molar-refractivity contribution < 1.29 is 4.79 Å². The maximum absolute atomic E-state index is 11.5. The number of hydrogen-bond donors (Lipinski definition) is 0. The lowest BCUT2D eigenvalue weighted by atomic mass is 10.1. The zero-order valence-electron chi connectivity index (χ0n) is 7.94. The molecule has 1 aromatic heterocycles. The van der Waals surface area contributed by atoms with E-state index < -0.39 is 5.54 Å². The van der Waals surface area contributed by atoms with Gasteiger partial charge in [-0.15, -0.1) is 0 Å². The molecule has 0 bridgehead atoms. The van der Waals surface area contributed by atoms with Gasteiger partial charge < -0.3 is 0 Å². The van der Waals surface area contributed by atoms with Crippen LogP contribution < -0.4 is 5.56 Å². The molecule has 0 radical (unpaired) electrons. The number of rotatable bonds is 1. The van der Waals surface area contributed by atoms with Gasteiger partial charge in [-0.05, 0) is 26.8 Å². The summed E-state index contributed by atoms with van der Waals surface area (Å²) >= 11 is 0. The zero-order chi connectivity index (χ0) is 10.1. The summed E-state index contributed by atoms with van der Waals surface area (Å²) in [7, 11) is 0. The molecule has 0 atom stereocenters. The predicted molar refractivity (Wildman–Crippen MR) is 48.9 cm³/mol. The van der Waals surface area contributed by atoms with Gasteiger partial charge in [0.05, 0.1) is 11.1 Å². The number of carbonyl (C=O) groups excluding carboxylic acids is 1. The molecule has 13 heavy (non-hydrogen) atoms. The van der Waals surface area contributed by atoms with E-state index in [2.05, 4.69) is 5.10 Å². The van der Waals surface area contributed by atoms with Gasteiger partial charge in [0.1, 0.15) is 0 Å². The second-order valence-corrected chi connectivity index (χ2v) is 3.79. The molecule has 1 heterocycles. The van der Waals surface area contributed by atoms with Crippen LogP contribution in [0.2, 0.25) is 0 Å². The van der Waals surface area contributed by atoms with Crippen LogP contribution in [0.3, 0.4) is 0 Å². The molecule has 0 fully saturated rings. The Hall–Kier alpha value is -1.45. The Balaban J connectivity index is 3.41. The molecule has 1 aromatic rings. The van der Waals surface area contributed by atoms with E-state index in [-0.39, 0.29) is 11.1 Å². The van der Waals surface area contributed by atoms with E-state index in [9.17, 15) is 9.59 Å². The third-order valence-electron chi connectivity index (χ3n) is 1.64. The van der Waals surface area contributed by atoms with E-state index in [0.29, 0.717) is 6.29 Å². The summed E-state index contributed by atoms with van der Waals surface area (Å²) in [6, 6.07) is 1.41. The first-order chi connectivity index (χ1) is 5.96. The summed E-state index contributed by atoms with van der Waals surface area (Å²) in [5.74, 6) is 0. The number of aldehydes is 1. The lowest BCUT2D eigenvalue weighted by Crippen LogP contribution is -2.37. The monoisotopic (exact) mass is 180 g/mol. The van der Waals surface area contributed by atoms with E-state index in [1.807, 2.05) is 20.8 Å². The highest BCUT2D eigenvalue weighted by atomic mass is 16.1. The normalized spacial score (nSPS) is 11.3. The fourth-order valence-corrected chi connectivity index (χ4v) is 0.994. The summed E-state index contributed by atoms with van der Waals surface area (Å²) in [6.45, 7) is 5.57. The molecule has 0 unspecified atom stereocenters. The summed E-state index contributed by atoms with van der Waals surface area (Å²) in [5.41, 5.74) is -0.592. The quantitative estimate of drug-likeness (QED) is 0.601. The number of hydrogen-bond acceptors (Lipinski definition) is 3. The highest BCUT2D eigenvalue weighted by Crippen LogP contribution is 2.07. The molecule has 0 saturated heterocycles. The summed E-state index contributed by atoms with van der Waals surface area (Å²) in [4.78, 5) is 22.0. The molecule has 0 aliphatic carbocycles. The molecule has 4 heteroatoms. The first kappa shape index (κ1) is 9.64. The minimum atomic E-state index is -0.393. The van der Waals surface area contributed by atoms with Gasteiger partial charge in [0, 0.05) is 6.20 Å². The maximum Gasteiger partial charge on any atom is 0.277 e. The number of nitrogens with zero attached hydrogens (tertiary/aromatic N) is 2. The van der Waals surface area contributed by atoms with Crippen molar-refractivity contribution in [3.63, 3.8) is 0 Å². The van der Waals surface area contributed by atoms with Crippen LogP contribution in [0.1, 0.15) is 31.1 Å². The van der Waals surface area contributed by atoms with Crippen molar-refractivity contribution in [1.29, 1.82) is 0 Å². The topological polar surface area (TPSA) is 52.0 Å². The molecule has 0 amide bonds. The highest BCUT2D eigenvalue weighted by Gasteiger charge is 2.16. The van der Waals surface area contributed by atoms with E-state index in [4.69, 9.17) is 0 Å². The van der Waals surface area contributed by atoms with E-state index >= 15 is 0 Å². The van der Waals surface area contributed by atoms with Gasteiger partial charge in [-0.1, -0.05) is 0 Å². The van der Waals surface area contributed by atoms with Crippen LogP contribution in [0.25, 0.3) is 0 Å². The van der Waals surface area contributed by atoms with Crippen molar-refractivity contribution in [2.75, 3.05) is 0 Å². The van der Waals surface area contributed by atoms with E-state index in [1.54, 1.807) is 0 Å². The van der Waals surface area contributed by atoms with E-state index in [1.165, 1.54) is 16.9 Å². The Labute approximate surface area is 76.2 Å². The Morgan fingerprint density at radius 1 is 1.46 bits per heavy atom. The fraction of sp³-hybridized carbons (Fsp3) is 0.444. The van der Waals surface area contributed by atoms with Crippen LogP contribution in [0.4, 0.5) is 0 Å². The molecule has 0 aliphatic rings. The Morgan fingerprint density at radius 2 is 2.08 bits per heavy atom. The minimum Gasteiger partial charge on any atom is -0.298 e. The molecule has 70 valence electrons. The third-order valence-corrected chi connectivity index (χ3v) is 1.64. The summed E-state index contributed by atoms with van der Waals surface area (Å²) in [5, 5.41) is 3.90. The van der Waals surface area contributed by atoms with Crippen molar-refractivity contribution >= 4 is 6.29 Å². The van der Waals surface area contributed by atoms with Crippen LogP contribution in [0.15, 0.2) is 17.1 Å². The SMILES string of the molecule is CC(C)(C)n1nccc(C=O)c1=O. The average Bonchev–Trinajstić information content (AvgIpc) is 2.02. The number of carbonyl (C=O) groups is 1. The van der Waals surface area contributed by atoms with Crippen LogP contribution in [-0.2, 0) is 5.54 Å². The predicted octanol–water partition coefficient (Wildman–Crippen LogP) is 0.811. The highest BCUT2D eigenvalue weighted by molar-refractivity contribution is 5.73. The largest absolute Gasteiger partial charge is 0.298 e. The molecule has 0 saturated carbocycles. The number of aromatic nitrogens is 2. The van der Waals surface area contributed by atoms with Crippen LogP contribution in [0.5, 0.6) is 0 Å². The van der Waals surface area contributed by atoms with Crippen molar-refractivity contribution in [2.24, 2.45) is 0 Å². The molecule has 0 aromatic carbocycles. The van der Waals surface area contributed by atoms with Gasteiger partial charge in [0.15, 0.2) is 6.29 Å². The van der Waals surface area contributed by atoms with Crippen molar-refractivity contribution in [3.05, 3.63) is 28.2 Å². The third kappa shape index (κ3) is 1.83. The Kier molecular flexibility index (Phi) is 2.32. The smallest absolute Gasteiger partial charge is 0.277 e. The van der Waals surface area contributed by atoms with Crippen LogP contribution in [0, 0.1) is 0 Å². The van der Waals surface area contributed by atoms with Crippen LogP contribution in [-0.4, -0.2) is 16.1 Å². The average molecular weight is 180 g/mol. The van der Waals surface area contributed by atoms with Gasteiger partial charge in [0.25, 0.3) is 5.56 Å². The maximum atomic E-state index is 11.5. The molecule has 0 N–H and O–H groups in total. The van der Waals surface area contributed by atoms with Gasteiger partial charge >= 0.3 is 0 Å². The van der Waals surface area contributed by atoms with Crippen molar-refractivity contribution in [1.82, 2.24) is 9.78 Å². The Morgan fingerprint density at radius 3 is 2.54 bits per heavy atom. The van der Waals surface area contributed by atoms with Crippen molar-refractivity contribution in [3.8, 4) is 0 Å². The summed E-state index contributed by atoms with van der Waals surface area (Å²) < 4.78 is 1.30. The molecule has 1 rings (SSSR count). The van der Waals surface area contributed by atoms with Crippen LogP contribution >= 0.6 is 0 Å². The fourth-order valence-electron chi connectivity index (χ4n) is 0.994. The first-order valence-electron chi connectivity index (χ1n) is 4.01. The van der Waals surface area contributed by atoms with Crippen molar-refractivity contribution in [2.45, 2.75) is 26.3 Å². The van der Waals surface area contributed by atoms with Gasteiger partial charge in [-0.25, -0.2) is 4.68 Å². The Bertz CT molecular complexity index is 374. The van der Waals surface area contributed by atoms with E-state index in [0.717, 1.165) is 0 Å². The minimum absolute atomic E-state index is 0.143. The van der Waals surface area contributed by atoms with Gasteiger partial charge in [-0.3, -0.25) is 9.59 Å². The second kappa shape index (κ2) is 3.12.